The van der Waals surface area contributed by atoms with Crippen LogP contribution >= 0.6 is 0 Å². The smallest absolute Gasteiger partial charge is 0.149 e. The van der Waals surface area contributed by atoms with Gasteiger partial charge in [0.05, 0.1) is 6.04 Å². The minimum absolute atomic E-state index is 0.132. The lowest BCUT2D eigenvalue weighted by Crippen LogP contribution is -2.44. The van der Waals surface area contributed by atoms with Gasteiger partial charge in [-0.1, -0.05) is 19.8 Å². The first kappa shape index (κ1) is 11.7. The molecule has 0 aromatic carbocycles. The fraction of sp³-hybridized carbons (Fsp3) is 0.917. The van der Waals surface area contributed by atoms with Gasteiger partial charge in [-0.05, 0) is 33.2 Å². The zero-order valence-corrected chi connectivity index (χ0v) is 9.75. The molecule has 2 unspecified atom stereocenters. The van der Waals surface area contributed by atoms with E-state index in [4.69, 9.17) is 0 Å². The normalized spacial score (nSPS) is 26.9. The van der Waals surface area contributed by atoms with Crippen LogP contribution in [0.25, 0.3) is 0 Å². The van der Waals surface area contributed by atoms with Crippen LogP contribution in [-0.4, -0.2) is 29.3 Å². The molecule has 1 fully saturated rings. The summed E-state index contributed by atoms with van der Waals surface area (Å²) in [5.74, 6) is 0.388. The number of ketones is 1. The van der Waals surface area contributed by atoms with Gasteiger partial charge < -0.3 is 0 Å². The molecule has 1 rings (SSSR count). The summed E-state index contributed by atoms with van der Waals surface area (Å²) in [5, 5.41) is 0. The van der Waals surface area contributed by atoms with Crippen molar-refractivity contribution in [3.8, 4) is 0 Å². The van der Waals surface area contributed by atoms with Gasteiger partial charge in [-0.25, -0.2) is 0 Å². The van der Waals surface area contributed by atoms with Crippen LogP contribution in [0.2, 0.25) is 0 Å². The lowest BCUT2D eigenvalue weighted by atomic mass is 10.1. The number of rotatable bonds is 3. The van der Waals surface area contributed by atoms with Crippen molar-refractivity contribution in [1.82, 2.24) is 4.90 Å². The fourth-order valence-electron chi connectivity index (χ4n) is 2.35. The topological polar surface area (TPSA) is 20.3 Å². The van der Waals surface area contributed by atoms with Crippen LogP contribution in [-0.2, 0) is 4.79 Å². The Labute approximate surface area is 87.7 Å². The van der Waals surface area contributed by atoms with Crippen LogP contribution in [0, 0.1) is 0 Å². The van der Waals surface area contributed by atoms with E-state index in [0.29, 0.717) is 18.2 Å². The number of carbonyl (C=O) groups excluding carboxylic acids is 1. The van der Waals surface area contributed by atoms with Crippen LogP contribution < -0.4 is 0 Å². The van der Waals surface area contributed by atoms with E-state index in [0.717, 1.165) is 6.54 Å². The molecule has 0 aromatic heterocycles. The molecule has 0 radical (unpaired) electrons. The van der Waals surface area contributed by atoms with Gasteiger partial charge in [0.25, 0.3) is 0 Å². The predicted octanol–water partition coefficient (Wildman–Crippen LogP) is 2.62. The average molecular weight is 197 g/mol. The highest BCUT2D eigenvalue weighted by atomic mass is 16.1. The Balaban J connectivity index is 2.58. The maximum atomic E-state index is 11.6. The molecule has 82 valence electrons. The lowest BCUT2D eigenvalue weighted by Gasteiger charge is -2.31. The summed E-state index contributed by atoms with van der Waals surface area (Å²) in [6, 6.07) is 0.719. The molecule has 1 saturated heterocycles. The van der Waals surface area contributed by atoms with Gasteiger partial charge in [0, 0.05) is 12.5 Å². The molecule has 0 saturated carbocycles. The summed E-state index contributed by atoms with van der Waals surface area (Å²) < 4.78 is 0. The Kier molecular flexibility index (Phi) is 4.59. The Morgan fingerprint density at radius 2 is 2.14 bits per heavy atom. The van der Waals surface area contributed by atoms with E-state index < -0.39 is 0 Å². The summed E-state index contributed by atoms with van der Waals surface area (Å²) in [6.45, 7) is 7.38. The van der Waals surface area contributed by atoms with Crippen LogP contribution in [0.4, 0.5) is 0 Å². The number of nitrogens with zero attached hydrogens (tertiary/aromatic N) is 1. The predicted molar refractivity (Wildman–Crippen MR) is 59.4 cm³/mol. The van der Waals surface area contributed by atoms with E-state index in [1.165, 1.54) is 25.7 Å². The Morgan fingerprint density at radius 3 is 2.79 bits per heavy atom. The van der Waals surface area contributed by atoms with E-state index in [9.17, 15) is 4.79 Å². The molecule has 0 aromatic rings. The highest BCUT2D eigenvalue weighted by molar-refractivity contribution is 5.83. The van der Waals surface area contributed by atoms with Crippen LogP contribution in [0.5, 0.6) is 0 Å². The Morgan fingerprint density at radius 1 is 1.43 bits per heavy atom. The number of hydrogen-bond donors (Lipinski definition) is 0. The molecule has 0 bridgehead atoms. The molecule has 2 atom stereocenters. The molecule has 0 spiro atoms. The molecule has 2 nitrogen and oxygen atoms in total. The lowest BCUT2D eigenvalue weighted by molar-refractivity contribution is -0.124. The largest absolute Gasteiger partial charge is 0.298 e. The first-order valence-electron chi connectivity index (χ1n) is 5.95. The zero-order valence-electron chi connectivity index (χ0n) is 9.75. The standard InChI is InChI=1S/C12H23NO/c1-4-12(14)11(3)13-9-7-5-6-8-10(13)2/h10-11H,4-9H2,1-3H3. The molecule has 0 N–H and O–H groups in total. The van der Waals surface area contributed by atoms with Crippen LogP contribution in [0.1, 0.15) is 52.9 Å². The minimum atomic E-state index is 0.132. The second kappa shape index (κ2) is 5.50. The highest BCUT2D eigenvalue weighted by Gasteiger charge is 2.25. The van der Waals surface area contributed by atoms with E-state index in [-0.39, 0.29) is 6.04 Å². The third-order valence-electron chi connectivity index (χ3n) is 3.42. The maximum absolute atomic E-state index is 11.6. The van der Waals surface area contributed by atoms with Gasteiger partial charge in [-0.15, -0.1) is 0 Å². The third-order valence-corrected chi connectivity index (χ3v) is 3.42. The number of likely N-dealkylation sites (tertiary alicyclic amines) is 1. The van der Waals surface area contributed by atoms with E-state index in [1.54, 1.807) is 0 Å². The van der Waals surface area contributed by atoms with Gasteiger partial charge in [0.15, 0.2) is 0 Å². The maximum Gasteiger partial charge on any atom is 0.149 e. The van der Waals surface area contributed by atoms with Gasteiger partial charge in [0.2, 0.25) is 0 Å². The molecular weight excluding hydrogens is 174 g/mol. The number of hydrogen-bond acceptors (Lipinski definition) is 2. The van der Waals surface area contributed by atoms with Crippen molar-refractivity contribution in [2.24, 2.45) is 0 Å². The molecule has 1 aliphatic heterocycles. The SMILES string of the molecule is CCC(=O)C(C)N1CCCCCC1C. The van der Waals surface area contributed by atoms with Crippen molar-refractivity contribution in [3.05, 3.63) is 0 Å². The second-order valence-electron chi connectivity index (χ2n) is 4.43. The van der Waals surface area contributed by atoms with Gasteiger partial charge >= 0.3 is 0 Å². The second-order valence-corrected chi connectivity index (χ2v) is 4.43. The third kappa shape index (κ3) is 2.81. The Bertz CT molecular complexity index is 191. The van der Waals surface area contributed by atoms with E-state index in [2.05, 4.69) is 18.7 Å². The van der Waals surface area contributed by atoms with Crippen molar-refractivity contribution in [2.45, 2.75) is 65.0 Å². The van der Waals surface area contributed by atoms with Crippen molar-refractivity contribution in [2.75, 3.05) is 6.54 Å². The summed E-state index contributed by atoms with van der Waals surface area (Å²) >= 11 is 0. The highest BCUT2D eigenvalue weighted by Crippen LogP contribution is 2.19. The molecule has 0 aliphatic carbocycles. The number of Topliss-reactive ketones (excluding diaryl/α,β-unsaturated/α-hetero) is 1. The zero-order chi connectivity index (χ0) is 10.6. The van der Waals surface area contributed by atoms with Crippen molar-refractivity contribution < 1.29 is 4.79 Å². The molecule has 14 heavy (non-hydrogen) atoms. The molecule has 1 heterocycles. The number of carbonyl (C=O) groups is 1. The first-order chi connectivity index (χ1) is 6.66. The van der Waals surface area contributed by atoms with Gasteiger partial charge in [0.1, 0.15) is 5.78 Å². The molecular formula is C12H23NO. The first-order valence-corrected chi connectivity index (χ1v) is 5.95. The monoisotopic (exact) mass is 197 g/mol. The summed E-state index contributed by atoms with van der Waals surface area (Å²) in [7, 11) is 0. The Hall–Kier alpha value is -0.370. The quantitative estimate of drug-likeness (QED) is 0.693. The van der Waals surface area contributed by atoms with E-state index in [1.807, 2.05) is 6.92 Å². The van der Waals surface area contributed by atoms with E-state index >= 15 is 0 Å². The van der Waals surface area contributed by atoms with Gasteiger partial charge in [-0.3, -0.25) is 9.69 Å². The fourth-order valence-corrected chi connectivity index (χ4v) is 2.35. The van der Waals surface area contributed by atoms with Crippen molar-refractivity contribution in [1.29, 1.82) is 0 Å². The van der Waals surface area contributed by atoms with Crippen LogP contribution in [0.15, 0.2) is 0 Å². The van der Waals surface area contributed by atoms with Gasteiger partial charge in [-0.2, -0.15) is 0 Å². The molecule has 2 heteroatoms. The van der Waals surface area contributed by atoms with Crippen LogP contribution in [0.3, 0.4) is 0 Å². The molecule has 1 aliphatic rings. The van der Waals surface area contributed by atoms with Crippen molar-refractivity contribution in [3.63, 3.8) is 0 Å². The van der Waals surface area contributed by atoms with Crippen molar-refractivity contribution >= 4 is 5.78 Å². The summed E-state index contributed by atoms with van der Waals surface area (Å²) in [5.41, 5.74) is 0. The average Bonchev–Trinajstić information content (AvgIpc) is 2.40. The summed E-state index contributed by atoms with van der Waals surface area (Å²) in [6.07, 6.45) is 5.83. The minimum Gasteiger partial charge on any atom is -0.298 e. The summed E-state index contributed by atoms with van der Waals surface area (Å²) in [4.78, 5) is 14.0. The molecule has 0 amide bonds.